The number of rotatable bonds is 7. The van der Waals surface area contributed by atoms with Gasteiger partial charge in [-0.05, 0) is 51.1 Å². The quantitative estimate of drug-likeness (QED) is 0.560. The normalized spacial score (nSPS) is 21.0. The third kappa shape index (κ3) is 5.33. The summed E-state index contributed by atoms with van der Waals surface area (Å²) in [6.45, 7) is 7.98. The van der Waals surface area contributed by atoms with Crippen molar-refractivity contribution in [3.05, 3.63) is 48.5 Å². The van der Waals surface area contributed by atoms with Gasteiger partial charge in [0.25, 0.3) is 0 Å². The van der Waals surface area contributed by atoms with E-state index in [1.165, 1.54) is 5.56 Å². The Kier molecular flexibility index (Phi) is 7.74. The van der Waals surface area contributed by atoms with Crippen LogP contribution in [0.15, 0.2) is 48.0 Å². The molecule has 1 aliphatic rings. The second kappa shape index (κ2) is 10.5. The lowest BCUT2D eigenvalue weighted by molar-refractivity contribution is 0.188. The van der Waals surface area contributed by atoms with Crippen molar-refractivity contribution in [3.8, 4) is 5.75 Å². The van der Waals surface area contributed by atoms with Gasteiger partial charge in [-0.3, -0.25) is 4.99 Å². The molecule has 1 N–H and O–H groups in total. The van der Waals surface area contributed by atoms with Crippen LogP contribution in [0.3, 0.4) is 0 Å². The van der Waals surface area contributed by atoms with Crippen molar-refractivity contribution in [3.63, 3.8) is 0 Å². The van der Waals surface area contributed by atoms with Crippen molar-refractivity contribution >= 4 is 5.96 Å². The van der Waals surface area contributed by atoms with Gasteiger partial charge >= 0.3 is 0 Å². The molecule has 1 saturated heterocycles. The van der Waals surface area contributed by atoms with Crippen molar-refractivity contribution in [2.75, 3.05) is 47.4 Å². The second-order valence-electron chi connectivity index (χ2n) is 8.24. The van der Waals surface area contributed by atoms with Crippen LogP contribution in [0.4, 0.5) is 0 Å². The van der Waals surface area contributed by atoms with Gasteiger partial charge in [-0.2, -0.15) is 0 Å². The summed E-state index contributed by atoms with van der Waals surface area (Å²) in [5.41, 5.74) is 1.24. The van der Waals surface area contributed by atoms with Crippen LogP contribution in [0.1, 0.15) is 37.9 Å². The van der Waals surface area contributed by atoms with Gasteiger partial charge < -0.3 is 24.4 Å². The molecule has 2 heterocycles. The zero-order chi connectivity index (χ0) is 21.5. The Bertz CT molecular complexity index is 787. The number of ether oxygens (including phenoxy) is 1. The van der Waals surface area contributed by atoms with E-state index in [-0.39, 0.29) is 6.04 Å². The van der Waals surface area contributed by atoms with Crippen LogP contribution in [0.2, 0.25) is 0 Å². The van der Waals surface area contributed by atoms with Gasteiger partial charge in [0.2, 0.25) is 0 Å². The Labute approximate surface area is 180 Å². The Morgan fingerprint density at radius 1 is 1.33 bits per heavy atom. The summed E-state index contributed by atoms with van der Waals surface area (Å²) >= 11 is 0. The van der Waals surface area contributed by atoms with Gasteiger partial charge in [-0.1, -0.05) is 19.1 Å². The van der Waals surface area contributed by atoms with Crippen LogP contribution < -0.4 is 10.1 Å². The highest BCUT2D eigenvalue weighted by molar-refractivity contribution is 5.80. The predicted molar refractivity (Wildman–Crippen MR) is 122 cm³/mol. The van der Waals surface area contributed by atoms with Gasteiger partial charge in [0, 0.05) is 32.0 Å². The summed E-state index contributed by atoms with van der Waals surface area (Å²) in [7, 11) is 5.91. The van der Waals surface area contributed by atoms with Crippen LogP contribution in [0.25, 0.3) is 0 Å². The molecule has 3 unspecified atom stereocenters. The lowest BCUT2D eigenvalue weighted by atomic mass is 9.93. The molecule has 0 radical (unpaired) electrons. The van der Waals surface area contributed by atoms with Gasteiger partial charge in [-0.15, -0.1) is 0 Å². The first kappa shape index (κ1) is 22.2. The second-order valence-corrected chi connectivity index (χ2v) is 8.24. The van der Waals surface area contributed by atoms with Crippen molar-refractivity contribution in [2.24, 2.45) is 10.9 Å². The number of methoxy groups -OCH3 is 1. The van der Waals surface area contributed by atoms with Gasteiger partial charge in [0.05, 0.1) is 32.1 Å². The highest BCUT2D eigenvalue weighted by Crippen LogP contribution is 2.28. The molecule has 0 bridgehead atoms. The van der Waals surface area contributed by atoms with E-state index in [1.807, 2.05) is 24.7 Å². The SMILES string of the molecule is CCNC(=NCC(c1ccc(OC)cc1)N(C)C)N1CCC(C)C(n2ccnc2)C1. The lowest BCUT2D eigenvalue weighted by Gasteiger charge is -2.39. The summed E-state index contributed by atoms with van der Waals surface area (Å²) in [5.74, 6) is 2.49. The number of hydrogen-bond acceptors (Lipinski definition) is 4. The fourth-order valence-corrected chi connectivity index (χ4v) is 4.09. The third-order valence-electron chi connectivity index (χ3n) is 6.00. The minimum absolute atomic E-state index is 0.206. The molecule has 3 atom stereocenters. The standard InChI is InChI=1S/C23H36N6O/c1-6-25-23(28-13-11-18(2)22(16-28)29-14-12-24-17-29)26-15-21(27(3)4)19-7-9-20(30-5)10-8-19/h7-10,12,14,17-18,21-22H,6,11,13,15-16H2,1-5H3,(H,25,26). The topological polar surface area (TPSA) is 57.9 Å². The number of imidazole rings is 1. The maximum atomic E-state index is 5.30. The number of aliphatic imine (C=N–C) groups is 1. The van der Waals surface area contributed by atoms with Crippen molar-refractivity contribution in [1.29, 1.82) is 0 Å². The molecule has 3 rings (SSSR count). The van der Waals surface area contributed by atoms with Crippen molar-refractivity contribution in [1.82, 2.24) is 24.7 Å². The first-order chi connectivity index (χ1) is 14.5. The zero-order valence-electron chi connectivity index (χ0n) is 19.0. The Morgan fingerprint density at radius 2 is 2.10 bits per heavy atom. The van der Waals surface area contributed by atoms with Crippen LogP contribution in [0, 0.1) is 5.92 Å². The molecule has 0 saturated carbocycles. The predicted octanol–water partition coefficient (Wildman–Crippen LogP) is 3.04. The van der Waals surface area contributed by atoms with Gasteiger partial charge in [0.1, 0.15) is 5.75 Å². The molecule has 1 fully saturated rings. The molecule has 7 heteroatoms. The van der Waals surface area contributed by atoms with E-state index >= 15 is 0 Å². The van der Waals surface area contributed by atoms with E-state index in [4.69, 9.17) is 9.73 Å². The summed E-state index contributed by atoms with van der Waals surface area (Å²) in [4.78, 5) is 13.9. The Morgan fingerprint density at radius 3 is 2.70 bits per heavy atom. The molecular weight excluding hydrogens is 376 g/mol. The van der Waals surface area contributed by atoms with E-state index < -0.39 is 0 Å². The third-order valence-corrected chi connectivity index (χ3v) is 6.00. The van der Waals surface area contributed by atoms with Gasteiger partial charge in [0.15, 0.2) is 5.96 Å². The molecule has 0 amide bonds. The number of piperidine rings is 1. The van der Waals surface area contributed by atoms with E-state index in [9.17, 15) is 0 Å². The molecule has 1 aromatic heterocycles. The number of aromatic nitrogens is 2. The molecule has 1 aromatic carbocycles. The average Bonchev–Trinajstić information content (AvgIpc) is 3.28. The monoisotopic (exact) mass is 412 g/mol. The van der Waals surface area contributed by atoms with Crippen LogP contribution >= 0.6 is 0 Å². The highest BCUT2D eigenvalue weighted by Gasteiger charge is 2.29. The van der Waals surface area contributed by atoms with E-state index in [1.54, 1.807) is 7.11 Å². The fourth-order valence-electron chi connectivity index (χ4n) is 4.09. The number of hydrogen-bond donors (Lipinski definition) is 1. The maximum Gasteiger partial charge on any atom is 0.194 e. The number of likely N-dealkylation sites (tertiary alicyclic amines) is 1. The minimum Gasteiger partial charge on any atom is -0.497 e. The largest absolute Gasteiger partial charge is 0.497 e. The number of guanidine groups is 1. The number of nitrogens with zero attached hydrogens (tertiary/aromatic N) is 5. The summed E-state index contributed by atoms with van der Waals surface area (Å²) in [6, 6.07) is 8.91. The van der Waals surface area contributed by atoms with E-state index in [2.05, 4.69) is 70.9 Å². The maximum absolute atomic E-state index is 5.30. The summed E-state index contributed by atoms with van der Waals surface area (Å²) in [5, 5.41) is 3.51. The molecule has 164 valence electrons. The molecule has 1 aliphatic heterocycles. The molecule has 0 aliphatic carbocycles. The summed E-state index contributed by atoms with van der Waals surface area (Å²) < 4.78 is 7.54. The van der Waals surface area contributed by atoms with Crippen LogP contribution in [-0.4, -0.2) is 72.7 Å². The molecule has 2 aromatic rings. The molecule has 30 heavy (non-hydrogen) atoms. The summed E-state index contributed by atoms with van der Waals surface area (Å²) in [6.07, 6.45) is 7.01. The fraction of sp³-hybridized carbons (Fsp3) is 0.565. The Hall–Kier alpha value is -2.54. The van der Waals surface area contributed by atoms with Crippen molar-refractivity contribution < 1.29 is 4.74 Å². The number of likely N-dealkylation sites (N-methyl/N-ethyl adjacent to an activating group) is 1. The molecule has 7 nitrogen and oxygen atoms in total. The van der Waals surface area contributed by atoms with Crippen molar-refractivity contribution in [2.45, 2.75) is 32.4 Å². The van der Waals surface area contributed by atoms with Crippen LogP contribution in [0.5, 0.6) is 5.75 Å². The number of benzene rings is 1. The van der Waals surface area contributed by atoms with Crippen LogP contribution in [-0.2, 0) is 0 Å². The minimum atomic E-state index is 0.206. The lowest BCUT2D eigenvalue weighted by Crippen LogP contribution is -2.49. The van der Waals surface area contributed by atoms with Gasteiger partial charge in [-0.25, -0.2) is 4.98 Å². The zero-order valence-corrected chi connectivity index (χ0v) is 19.0. The first-order valence-electron chi connectivity index (χ1n) is 10.8. The molecule has 0 spiro atoms. The smallest absolute Gasteiger partial charge is 0.194 e. The highest BCUT2D eigenvalue weighted by atomic mass is 16.5. The number of nitrogens with one attached hydrogen (secondary N) is 1. The van der Waals surface area contributed by atoms with E-state index in [0.717, 1.165) is 37.8 Å². The Balaban J connectivity index is 1.76. The van der Waals surface area contributed by atoms with E-state index in [0.29, 0.717) is 18.5 Å². The molecular formula is C23H36N6O. The first-order valence-corrected chi connectivity index (χ1v) is 10.8. The average molecular weight is 413 g/mol.